The van der Waals surface area contributed by atoms with Gasteiger partial charge in [0.25, 0.3) is 0 Å². The molecule has 1 N–H and O–H groups in total. The summed E-state index contributed by atoms with van der Waals surface area (Å²) in [6, 6.07) is 0. The SMILES string of the molecule is CC(=Cc1cncc(Cl)n1)C(=O)NCC(F)(F)F. The second-order valence-electron chi connectivity index (χ2n) is 3.39. The Balaban J connectivity index is 2.69. The molecule has 1 aromatic rings. The lowest BCUT2D eigenvalue weighted by Gasteiger charge is -2.08. The molecule has 0 aliphatic heterocycles. The quantitative estimate of drug-likeness (QED) is 0.863. The Hall–Kier alpha value is -1.63. The molecule has 4 nitrogen and oxygen atoms in total. The molecule has 1 amide bonds. The van der Waals surface area contributed by atoms with E-state index in [1.807, 2.05) is 0 Å². The van der Waals surface area contributed by atoms with Gasteiger partial charge in [-0.15, -0.1) is 0 Å². The molecular formula is C10H9ClF3N3O. The zero-order valence-corrected chi connectivity index (χ0v) is 10.0. The Morgan fingerprint density at radius 1 is 1.50 bits per heavy atom. The van der Waals surface area contributed by atoms with Gasteiger partial charge in [0.15, 0.2) is 0 Å². The summed E-state index contributed by atoms with van der Waals surface area (Å²) in [6.45, 7) is -0.00741. The van der Waals surface area contributed by atoms with Crippen LogP contribution in [0.2, 0.25) is 5.15 Å². The molecule has 0 aliphatic carbocycles. The Morgan fingerprint density at radius 2 is 2.17 bits per heavy atom. The van der Waals surface area contributed by atoms with Gasteiger partial charge >= 0.3 is 6.18 Å². The Labute approximate surface area is 106 Å². The first kappa shape index (κ1) is 14.4. The molecule has 1 aromatic heterocycles. The molecule has 0 spiro atoms. The van der Waals surface area contributed by atoms with Crippen LogP contribution in [0.5, 0.6) is 0 Å². The molecule has 0 unspecified atom stereocenters. The van der Waals surface area contributed by atoms with E-state index in [9.17, 15) is 18.0 Å². The van der Waals surface area contributed by atoms with Gasteiger partial charge in [-0.1, -0.05) is 11.6 Å². The first-order chi connectivity index (χ1) is 8.28. The standard InChI is InChI=1S/C10H9ClF3N3O/c1-6(9(18)16-5-10(12,13)14)2-7-3-15-4-8(11)17-7/h2-4H,5H2,1H3,(H,16,18). The third-order valence-electron chi connectivity index (χ3n) is 1.80. The second-order valence-corrected chi connectivity index (χ2v) is 3.78. The van der Waals surface area contributed by atoms with Crippen molar-refractivity contribution >= 4 is 23.6 Å². The van der Waals surface area contributed by atoms with Gasteiger partial charge in [-0.2, -0.15) is 13.2 Å². The van der Waals surface area contributed by atoms with Crippen molar-refractivity contribution in [2.45, 2.75) is 13.1 Å². The van der Waals surface area contributed by atoms with Crippen molar-refractivity contribution in [2.75, 3.05) is 6.54 Å². The van der Waals surface area contributed by atoms with Gasteiger partial charge in [-0.05, 0) is 13.0 Å². The van der Waals surface area contributed by atoms with E-state index in [2.05, 4.69) is 9.97 Å². The third-order valence-corrected chi connectivity index (χ3v) is 1.98. The molecular weight excluding hydrogens is 271 g/mol. The van der Waals surface area contributed by atoms with Crippen LogP contribution in [0.25, 0.3) is 6.08 Å². The van der Waals surface area contributed by atoms with Crippen molar-refractivity contribution in [1.82, 2.24) is 15.3 Å². The number of carbonyl (C=O) groups is 1. The highest BCUT2D eigenvalue weighted by molar-refractivity contribution is 6.29. The lowest BCUT2D eigenvalue weighted by atomic mass is 10.2. The van der Waals surface area contributed by atoms with Crippen molar-refractivity contribution in [1.29, 1.82) is 0 Å². The molecule has 98 valence electrons. The van der Waals surface area contributed by atoms with E-state index in [1.54, 1.807) is 5.32 Å². The van der Waals surface area contributed by atoms with Gasteiger partial charge < -0.3 is 5.32 Å². The lowest BCUT2D eigenvalue weighted by Crippen LogP contribution is -2.34. The molecule has 8 heteroatoms. The fraction of sp³-hybridized carbons (Fsp3) is 0.300. The highest BCUT2D eigenvalue weighted by Crippen LogP contribution is 2.13. The smallest absolute Gasteiger partial charge is 0.343 e. The van der Waals surface area contributed by atoms with Crippen LogP contribution in [0, 0.1) is 0 Å². The largest absolute Gasteiger partial charge is 0.405 e. The molecule has 0 aromatic carbocycles. The predicted molar refractivity (Wildman–Crippen MR) is 59.8 cm³/mol. The fourth-order valence-corrected chi connectivity index (χ4v) is 1.19. The van der Waals surface area contributed by atoms with E-state index in [1.165, 1.54) is 25.4 Å². The highest BCUT2D eigenvalue weighted by atomic mass is 35.5. The lowest BCUT2D eigenvalue weighted by molar-refractivity contribution is -0.136. The van der Waals surface area contributed by atoms with Crippen LogP contribution in [0.15, 0.2) is 18.0 Å². The van der Waals surface area contributed by atoms with Crippen molar-refractivity contribution in [2.24, 2.45) is 0 Å². The summed E-state index contributed by atoms with van der Waals surface area (Å²) in [5, 5.41) is 1.88. The van der Waals surface area contributed by atoms with E-state index < -0.39 is 18.6 Å². The van der Waals surface area contributed by atoms with Crippen LogP contribution in [0.3, 0.4) is 0 Å². The number of hydrogen-bond donors (Lipinski definition) is 1. The minimum absolute atomic E-state index is 0.0795. The van der Waals surface area contributed by atoms with Crippen LogP contribution in [0.4, 0.5) is 13.2 Å². The molecule has 0 aliphatic rings. The minimum Gasteiger partial charge on any atom is -0.343 e. The summed E-state index contributed by atoms with van der Waals surface area (Å²) < 4.78 is 35.7. The summed E-state index contributed by atoms with van der Waals surface area (Å²) in [7, 11) is 0. The van der Waals surface area contributed by atoms with Crippen LogP contribution in [0.1, 0.15) is 12.6 Å². The first-order valence-electron chi connectivity index (χ1n) is 4.79. The Bertz CT molecular complexity index is 474. The van der Waals surface area contributed by atoms with E-state index in [4.69, 9.17) is 11.6 Å². The number of hydrogen-bond acceptors (Lipinski definition) is 3. The maximum Gasteiger partial charge on any atom is 0.405 e. The number of carbonyl (C=O) groups excluding carboxylic acids is 1. The number of nitrogens with zero attached hydrogens (tertiary/aromatic N) is 2. The van der Waals surface area contributed by atoms with Gasteiger partial charge in [0.1, 0.15) is 11.7 Å². The number of nitrogens with one attached hydrogen (secondary N) is 1. The van der Waals surface area contributed by atoms with Crippen LogP contribution >= 0.6 is 11.6 Å². The molecule has 18 heavy (non-hydrogen) atoms. The summed E-state index contributed by atoms with van der Waals surface area (Å²) in [6.07, 6.45) is -0.499. The third kappa shape index (κ3) is 5.13. The van der Waals surface area contributed by atoms with Crippen LogP contribution in [-0.4, -0.2) is 28.6 Å². The molecule has 1 heterocycles. The van der Waals surface area contributed by atoms with Crippen molar-refractivity contribution in [3.63, 3.8) is 0 Å². The van der Waals surface area contributed by atoms with E-state index in [-0.39, 0.29) is 10.7 Å². The maximum absolute atomic E-state index is 11.9. The number of alkyl halides is 3. The molecule has 0 saturated heterocycles. The molecule has 0 fully saturated rings. The second kappa shape index (κ2) is 5.81. The maximum atomic E-state index is 11.9. The van der Waals surface area contributed by atoms with Crippen molar-refractivity contribution in [3.8, 4) is 0 Å². The van der Waals surface area contributed by atoms with Crippen LogP contribution in [-0.2, 0) is 4.79 Å². The van der Waals surface area contributed by atoms with Crippen molar-refractivity contribution < 1.29 is 18.0 Å². The summed E-state index contributed by atoms with van der Waals surface area (Å²) in [5.41, 5.74) is 0.373. The van der Waals surface area contributed by atoms with Crippen molar-refractivity contribution in [3.05, 3.63) is 28.8 Å². The first-order valence-corrected chi connectivity index (χ1v) is 5.16. The Morgan fingerprint density at radius 3 is 2.72 bits per heavy atom. The normalized spacial score (nSPS) is 12.4. The monoisotopic (exact) mass is 279 g/mol. The topological polar surface area (TPSA) is 54.9 Å². The molecule has 0 bridgehead atoms. The number of amides is 1. The fourth-order valence-electron chi connectivity index (χ4n) is 1.03. The molecule has 0 atom stereocenters. The predicted octanol–water partition coefficient (Wildman–Crippen LogP) is 2.21. The van der Waals surface area contributed by atoms with E-state index >= 15 is 0 Å². The van der Waals surface area contributed by atoms with Crippen LogP contribution < -0.4 is 5.32 Å². The molecule has 0 radical (unpaired) electrons. The number of halogens is 4. The number of aromatic nitrogens is 2. The molecule has 1 rings (SSSR count). The molecule has 0 saturated carbocycles. The summed E-state index contributed by atoms with van der Waals surface area (Å²) >= 11 is 5.58. The van der Waals surface area contributed by atoms with Gasteiger partial charge in [-0.3, -0.25) is 9.78 Å². The summed E-state index contributed by atoms with van der Waals surface area (Å²) in [5.74, 6) is -0.825. The van der Waals surface area contributed by atoms with Gasteiger partial charge in [0, 0.05) is 5.57 Å². The minimum atomic E-state index is -4.44. The van der Waals surface area contributed by atoms with Gasteiger partial charge in [0.05, 0.1) is 18.1 Å². The average molecular weight is 280 g/mol. The van der Waals surface area contributed by atoms with Gasteiger partial charge in [-0.25, -0.2) is 4.98 Å². The zero-order chi connectivity index (χ0) is 13.8. The van der Waals surface area contributed by atoms with E-state index in [0.717, 1.165) is 0 Å². The average Bonchev–Trinajstić information content (AvgIpc) is 2.24. The zero-order valence-electron chi connectivity index (χ0n) is 9.25. The summed E-state index contributed by atoms with van der Waals surface area (Å²) in [4.78, 5) is 18.9. The number of rotatable bonds is 3. The Kier molecular flexibility index (Phi) is 4.66. The van der Waals surface area contributed by atoms with Gasteiger partial charge in [0.2, 0.25) is 5.91 Å². The van der Waals surface area contributed by atoms with E-state index in [0.29, 0.717) is 5.69 Å². The highest BCUT2D eigenvalue weighted by Gasteiger charge is 2.27.